The largest absolute Gasteiger partial charge is 0.329 e. The summed E-state index contributed by atoms with van der Waals surface area (Å²) in [4.78, 5) is 14.3. The van der Waals surface area contributed by atoms with E-state index in [-0.39, 0.29) is 0 Å². The van der Waals surface area contributed by atoms with Crippen LogP contribution in [0, 0.1) is 23.7 Å². The molecule has 2 unspecified atom stereocenters. The van der Waals surface area contributed by atoms with Crippen LogP contribution in [0.3, 0.4) is 0 Å². The third kappa shape index (κ3) is 5.31. The smallest absolute Gasteiger partial charge is 0.189 e. The minimum absolute atomic E-state index is 0.400. The third-order valence-corrected chi connectivity index (χ3v) is 7.01. The lowest BCUT2D eigenvalue weighted by Crippen LogP contribution is -3.14. The molecule has 3 rings (SSSR count). The minimum Gasteiger partial charge on any atom is -0.329 e. The van der Waals surface area contributed by atoms with Gasteiger partial charge in [0.2, 0.25) is 0 Å². The van der Waals surface area contributed by atoms with E-state index in [9.17, 15) is 4.79 Å². The first-order valence-corrected chi connectivity index (χ1v) is 10.6. The van der Waals surface area contributed by atoms with Crippen molar-refractivity contribution in [1.82, 2.24) is 0 Å². The highest BCUT2D eigenvalue weighted by Crippen LogP contribution is 2.31. The number of nitrogens with one attached hydrogen (secondary N) is 1. The molecule has 2 aliphatic carbocycles. The predicted molar refractivity (Wildman–Crippen MR) is 95.6 cm³/mol. The lowest BCUT2D eigenvalue weighted by molar-refractivity contribution is -0.901. The van der Waals surface area contributed by atoms with Gasteiger partial charge in [-0.05, 0) is 43.9 Å². The molecule has 0 spiro atoms. The Bertz CT molecular complexity index is 366. The van der Waals surface area contributed by atoms with E-state index in [4.69, 9.17) is 0 Å². The minimum atomic E-state index is 0.400. The van der Waals surface area contributed by atoms with Crippen LogP contribution >= 0.6 is 0 Å². The van der Waals surface area contributed by atoms with E-state index in [1.54, 1.807) is 4.90 Å². The lowest BCUT2D eigenvalue weighted by atomic mass is 9.79. The molecule has 0 aromatic heterocycles. The highest BCUT2D eigenvalue weighted by Gasteiger charge is 2.31. The van der Waals surface area contributed by atoms with Crippen molar-refractivity contribution in [3.05, 3.63) is 0 Å². The Morgan fingerprint density at radius 2 is 1.57 bits per heavy atom. The van der Waals surface area contributed by atoms with E-state index in [2.05, 4.69) is 6.92 Å². The maximum absolute atomic E-state index is 12.6. The molecule has 23 heavy (non-hydrogen) atoms. The van der Waals surface area contributed by atoms with Gasteiger partial charge in [0.25, 0.3) is 0 Å². The predicted octanol–water partition coefficient (Wildman–Crippen LogP) is 3.65. The number of Topliss-reactive ketones (excluding diaryl/α,β-unsaturated/α-hetero) is 1. The second kappa shape index (κ2) is 8.65. The molecule has 2 saturated carbocycles. The van der Waals surface area contributed by atoms with Crippen molar-refractivity contribution in [1.29, 1.82) is 0 Å². The SMILES string of the molecule is CC1CCC(C(=O)C[NH+]2CCCC(CC3CCCCC3)C2)CC1. The number of quaternary nitrogens is 1. The summed E-state index contributed by atoms with van der Waals surface area (Å²) in [5.41, 5.74) is 0. The zero-order valence-electron chi connectivity index (χ0n) is 15.3. The van der Waals surface area contributed by atoms with E-state index in [1.165, 1.54) is 90.1 Å². The van der Waals surface area contributed by atoms with Crippen LogP contribution in [0.15, 0.2) is 0 Å². The van der Waals surface area contributed by atoms with Crippen LogP contribution in [0.5, 0.6) is 0 Å². The van der Waals surface area contributed by atoms with Crippen molar-refractivity contribution in [2.24, 2.45) is 23.7 Å². The zero-order chi connectivity index (χ0) is 16.1. The Labute approximate surface area is 143 Å². The van der Waals surface area contributed by atoms with E-state index in [1.807, 2.05) is 0 Å². The summed E-state index contributed by atoms with van der Waals surface area (Å²) in [6.45, 7) is 5.70. The highest BCUT2D eigenvalue weighted by atomic mass is 16.1. The highest BCUT2D eigenvalue weighted by molar-refractivity contribution is 5.81. The van der Waals surface area contributed by atoms with Gasteiger partial charge in [0.15, 0.2) is 5.78 Å². The maximum Gasteiger partial charge on any atom is 0.189 e. The molecular weight excluding hydrogens is 282 g/mol. The molecule has 1 saturated heterocycles. The van der Waals surface area contributed by atoms with E-state index >= 15 is 0 Å². The lowest BCUT2D eigenvalue weighted by Gasteiger charge is -2.33. The van der Waals surface area contributed by atoms with Crippen LogP contribution in [-0.4, -0.2) is 25.4 Å². The van der Waals surface area contributed by atoms with E-state index in [0.717, 1.165) is 24.3 Å². The Morgan fingerprint density at radius 3 is 2.30 bits per heavy atom. The molecule has 0 amide bonds. The van der Waals surface area contributed by atoms with Gasteiger partial charge >= 0.3 is 0 Å². The van der Waals surface area contributed by atoms with Crippen LogP contribution in [0.1, 0.15) is 84.0 Å². The van der Waals surface area contributed by atoms with Gasteiger partial charge in [0.05, 0.1) is 13.1 Å². The van der Waals surface area contributed by atoms with Crippen molar-refractivity contribution in [2.45, 2.75) is 84.0 Å². The van der Waals surface area contributed by atoms with E-state index < -0.39 is 0 Å². The number of hydrogen-bond donors (Lipinski definition) is 1. The molecule has 1 aliphatic heterocycles. The molecule has 1 N–H and O–H groups in total. The van der Waals surface area contributed by atoms with Gasteiger partial charge in [0, 0.05) is 11.8 Å². The van der Waals surface area contributed by atoms with Gasteiger partial charge in [-0.15, -0.1) is 0 Å². The van der Waals surface area contributed by atoms with Crippen molar-refractivity contribution in [2.75, 3.05) is 19.6 Å². The first-order chi connectivity index (χ1) is 11.2. The molecule has 0 radical (unpaired) electrons. The van der Waals surface area contributed by atoms with Crippen molar-refractivity contribution in [3.63, 3.8) is 0 Å². The van der Waals surface area contributed by atoms with Crippen molar-refractivity contribution < 1.29 is 9.69 Å². The second-order valence-electron chi connectivity index (χ2n) is 9.05. The molecule has 3 aliphatic rings. The summed E-state index contributed by atoms with van der Waals surface area (Å²) in [5.74, 6) is 3.74. The number of likely N-dealkylation sites (tertiary alicyclic amines) is 1. The summed E-state index contributed by atoms with van der Waals surface area (Å²) < 4.78 is 0. The van der Waals surface area contributed by atoms with Crippen LogP contribution in [0.25, 0.3) is 0 Å². The number of rotatable bonds is 5. The summed E-state index contributed by atoms with van der Waals surface area (Å²) in [5, 5.41) is 0. The molecule has 3 fully saturated rings. The summed E-state index contributed by atoms with van der Waals surface area (Å²) >= 11 is 0. The van der Waals surface area contributed by atoms with E-state index in [0.29, 0.717) is 11.7 Å². The zero-order valence-corrected chi connectivity index (χ0v) is 15.3. The van der Waals surface area contributed by atoms with Gasteiger partial charge in [-0.3, -0.25) is 4.79 Å². The normalized spacial score (nSPS) is 36.7. The number of piperidine rings is 1. The standard InChI is InChI=1S/C21H37NO/c1-17-9-11-20(12-10-17)21(23)16-22-13-5-8-19(15-22)14-18-6-3-2-4-7-18/h17-20H,2-16H2,1H3/p+1. The Morgan fingerprint density at radius 1 is 0.870 bits per heavy atom. The van der Waals surface area contributed by atoms with Gasteiger partial charge in [-0.1, -0.05) is 51.9 Å². The number of carbonyl (C=O) groups is 1. The van der Waals surface area contributed by atoms with Gasteiger partial charge in [-0.2, -0.15) is 0 Å². The molecule has 2 atom stereocenters. The van der Waals surface area contributed by atoms with Crippen molar-refractivity contribution in [3.8, 4) is 0 Å². The van der Waals surface area contributed by atoms with Crippen LogP contribution < -0.4 is 4.90 Å². The van der Waals surface area contributed by atoms with Crippen molar-refractivity contribution >= 4 is 5.78 Å². The molecule has 1 heterocycles. The average molecular weight is 321 g/mol. The fraction of sp³-hybridized carbons (Fsp3) is 0.952. The number of carbonyl (C=O) groups excluding carboxylic acids is 1. The molecule has 0 aromatic rings. The van der Waals surface area contributed by atoms with Gasteiger partial charge in [-0.25, -0.2) is 0 Å². The molecule has 2 heteroatoms. The van der Waals surface area contributed by atoms with Crippen LogP contribution in [-0.2, 0) is 4.79 Å². The fourth-order valence-corrected chi connectivity index (χ4v) is 5.48. The quantitative estimate of drug-likeness (QED) is 0.820. The molecule has 0 bridgehead atoms. The Hall–Kier alpha value is -0.370. The first-order valence-electron chi connectivity index (χ1n) is 10.6. The average Bonchev–Trinajstić information content (AvgIpc) is 2.57. The van der Waals surface area contributed by atoms with Gasteiger partial charge in [0.1, 0.15) is 6.54 Å². The summed E-state index contributed by atoms with van der Waals surface area (Å²) in [6, 6.07) is 0. The topological polar surface area (TPSA) is 21.5 Å². The fourth-order valence-electron chi connectivity index (χ4n) is 5.48. The van der Waals surface area contributed by atoms with Crippen LogP contribution in [0.2, 0.25) is 0 Å². The van der Waals surface area contributed by atoms with Gasteiger partial charge < -0.3 is 4.90 Å². The first kappa shape index (κ1) is 17.5. The molecule has 2 nitrogen and oxygen atoms in total. The monoisotopic (exact) mass is 320 g/mol. The van der Waals surface area contributed by atoms with Crippen LogP contribution in [0.4, 0.5) is 0 Å². The summed E-state index contributed by atoms with van der Waals surface area (Å²) in [6.07, 6.45) is 16.5. The maximum atomic E-state index is 12.6. The number of hydrogen-bond acceptors (Lipinski definition) is 1. The Balaban J connectivity index is 1.41. The second-order valence-corrected chi connectivity index (χ2v) is 9.05. The Kier molecular flexibility index (Phi) is 6.56. The molecular formula is C21H38NO+. The summed E-state index contributed by atoms with van der Waals surface area (Å²) in [7, 11) is 0. The molecule has 0 aromatic carbocycles. The molecule has 132 valence electrons. The third-order valence-electron chi connectivity index (χ3n) is 7.01. The number of ketones is 1.